The summed E-state index contributed by atoms with van der Waals surface area (Å²) in [7, 11) is 0. The summed E-state index contributed by atoms with van der Waals surface area (Å²) in [5.74, 6) is 1.18. The topological polar surface area (TPSA) is 26.0 Å². The summed E-state index contributed by atoms with van der Waals surface area (Å²) in [6.45, 7) is 0. The average molecular weight is 75.1 g/mol. The van der Waals surface area contributed by atoms with E-state index >= 15 is 0 Å². The second-order valence-electron chi connectivity index (χ2n) is 0.872. The van der Waals surface area contributed by atoms with E-state index in [0.717, 1.165) is 0 Å². The fourth-order valence-corrected chi connectivity index (χ4v) is 0.167. The lowest BCUT2D eigenvalue weighted by Crippen LogP contribution is -1.95. The highest BCUT2D eigenvalue weighted by Crippen LogP contribution is 2.23. The molecule has 2 heteroatoms. The van der Waals surface area contributed by atoms with E-state index < -0.39 is 0 Å². The minimum absolute atomic E-state index is 0.500. The summed E-state index contributed by atoms with van der Waals surface area (Å²) in [4.78, 5) is 0. The largest absolute Gasteiger partial charge is 0.319 e. The smallest absolute Gasteiger partial charge is 0.0600 e. The van der Waals surface area contributed by atoms with Crippen LogP contribution in [0.15, 0.2) is 0 Å². The molecule has 0 aliphatic carbocycles. The van der Waals surface area contributed by atoms with Gasteiger partial charge in [-0.1, -0.05) is 0 Å². The molecule has 0 unspecified atom stereocenters. The number of hydrogen-bond donors (Lipinski definition) is 1. The Labute approximate surface area is 29.6 Å². The first-order chi connectivity index (χ1) is 1.89. The summed E-state index contributed by atoms with van der Waals surface area (Å²) >= 11 is 1.80. The predicted octanol–water partition coefficient (Wildman–Crippen LogP) is 0.0180. The predicted molar refractivity (Wildman–Crippen MR) is 20.4 cm³/mol. The van der Waals surface area contributed by atoms with Crippen LogP contribution in [-0.2, 0) is 0 Å². The van der Waals surface area contributed by atoms with Crippen LogP contribution >= 0.6 is 11.8 Å². The minimum Gasteiger partial charge on any atom is -0.319 e. The number of rotatable bonds is 0. The molecular formula is C2H5NS. The fourth-order valence-electron chi connectivity index (χ4n) is 0.0556. The fraction of sp³-hybridized carbons (Fsp3) is 1.00. The maximum Gasteiger partial charge on any atom is 0.0600 e. The minimum atomic E-state index is 0.500. The van der Waals surface area contributed by atoms with Gasteiger partial charge in [-0.05, 0) is 0 Å². The van der Waals surface area contributed by atoms with Crippen LogP contribution in [0.3, 0.4) is 0 Å². The van der Waals surface area contributed by atoms with Gasteiger partial charge < -0.3 is 5.73 Å². The van der Waals surface area contributed by atoms with Gasteiger partial charge in [0.15, 0.2) is 0 Å². The molecule has 1 atom stereocenters. The quantitative estimate of drug-likeness (QED) is 0.411. The zero-order valence-electron chi connectivity index (χ0n) is 2.27. The zero-order valence-corrected chi connectivity index (χ0v) is 3.09. The van der Waals surface area contributed by atoms with Crippen molar-refractivity contribution in [1.29, 1.82) is 0 Å². The van der Waals surface area contributed by atoms with Gasteiger partial charge in [-0.3, -0.25) is 0 Å². The lowest BCUT2D eigenvalue weighted by Gasteiger charge is -1.55. The lowest BCUT2D eigenvalue weighted by molar-refractivity contribution is 1.17. The molecule has 0 aromatic carbocycles. The molecule has 0 saturated carbocycles. The van der Waals surface area contributed by atoms with E-state index in [-0.39, 0.29) is 0 Å². The molecule has 1 nitrogen and oxygen atoms in total. The molecule has 0 spiro atoms. The van der Waals surface area contributed by atoms with Crippen LogP contribution in [0.1, 0.15) is 0 Å². The average Bonchev–Trinajstić information content (AvgIpc) is 1.75. The molecule has 1 rings (SSSR count). The van der Waals surface area contributed by atoms with Crippen molar-refractivity contribution in [1.82, 2.24) is 0 Å². The van der Waals surface area contributed by atoms with Crippen molar-refractivity contribution in [2.24, 2.45) is 5.73 Å². The third-order valence-electron chi connectivity index (χ3n) is 0.359. The molecule has 1 aliphatic rings. The Hall–Kier alpha value is 0.310. The van der Waals surface area contributed by atoms with Crippen LogP contribution in [0.5, 0.6) is 0 Å². The molecular weight excluding hydrogens is 70.1 g/mol. The van der Waals surface area contributed by atoms with Gasteiger partial charge in [-0.15, -0.1) is 11.8 Å². The molecule has 1 aliphatic heterocycles. The first-order valence-electron chi connectivity index (χ1n) is 1.27. The summed E-state index contributed by atoms with van der Waals surface area (Å²) in [5.41, 5.74) is 5.19. The molecule has 0 radical (unpaired) electrons. The molecule has 1 fully saturated rings. The zero-order chi connectivity index (χ0) is 2.99. The summed E-state index contributed by atoms with van der Waals surface area (Å²) in [6, 6.07) is 0. The standard InChI is InChI=1S/C2H5NS/c3-2-1-4-2/h2H,1,3H2/t2-/m0/s1. The number of nitrogens with two attached hydrogens (primary N) is 1. The van der Waals surface area contributed by atoms with Crippen molar-refractivity contribution >= 4 is 11.8 Å². The van der Waals surface area contributed by atoms with Crippen LogP contribution in [0, 0.1) is 0 Å². The van der Waals surface area contributed by atoms with Crippen LogP contribution in [0.2, 0.25) is 0 Å². The van der Waals surface area contributed by atoms with Crippen LogP contribution in [0.4, 0.5) is 0 Å². The number of thioether (sulfide) groups is 1. The SMILES string of the molecule is N[C@@H]1CS1. The third-order valence-corrected chi connectivity index (χ3v) is 1.08. The van der Waals surface area contributed by atoms with Gasteiger partial charge in [0.25, 0.3) is 0 Å². The Morgan fingerprint density at radius 1 is 2.00 bits per heavy atom. The lowest BCUT2D eigenvalue weighted by atomic mass is 10.8. The Morgan fingerprint density at radius 3 is 2.25 bits per heavy atom. The highest BCUT2D eigenvalue weighted by Gasteiger charge is 2.14. The van der Waals surface area contributed by atoms with E-state index in [1.807, 2.05) is 0 Å². The second-order valence-corrected chi connectivity index (χ2v) is 2.14. The molecule has 24 valence electrons. The summed E-state index contributed by atoms with van der Waals surface area (Å²) in [6.07, 6.45) is 0. The maximum atomic E-state index is 5.19. The molecule has 0 aromatic heterocycles. The van der Waals surface area contributed by atoms with E-state index in [1.54, 1.807) is 11.8 Å². The molecule has 2 N–H and O–H groups in total. The van der Waals surface area contributed by atoms with Crippen molar-refractivity contribution in [3.63, 3.8) is 0 Å². The van der Waals surface area contributed by atoms with Crippen molar-refractivity contribution in [2.75, 3.05) is 5.75 Å². The molecule has 0 amide bonds. The van der Waals surface area contributed by atoms with Crippen molar-refractivity contribution in [3.8, 4) is 0 Å². The monoisotopic (exact) mass is 75.0 g/mol. The number of hydrogen-bond acceptors (Lipinski definition) is 2. The van der Waals surface area contributed by atoms with Gasteiger partial charge in [0.2, 0.25) is 0 Å². The van der Waals surface area contributed by atoms with E-state index in [4.69, 9.17) is 5.73 Å². The summed E-state index contributed by atoms with van der Waals surface area (Å²) in [5, 5.41) is 0.500. The Kier molecular flexibility index (Phi) is 0.398. The van der Waals surface area contributed by atoms with Gasteiger partial charge >= 0.3 is 0 Å². The van der Waals surface area contributed by atoms with E-state index in [9.17, 15) is 0 Å². The summed E-state index contributed by atoms with van der Waals surface area (Å²) < 4.78 is 0. The molecule has 0 bridgehead atoms. The van der Waals surface area contributed by atoms with Crippen molar-refractivity contribution in [3.05, 3.63) is 0 Å². The van der Waals surface area contributed by atoms with Crippen molar-refractivity contribution < 1.29 is 0 Å². The van der Waals surface area contributed by atoms with E-state index in [0.29, 0.717) is 5.37 Å². The van der Waals surface area contributed by atoms with Gasteiger partial charge in [0.05, 0.1) is 5.37 Å². The highest BCUT2D eigenvalue weighted by atomic mass is 32.2. The molecule has 1 heterocycles. The van der Waals surface area contributed by atoms with Crippen molar-refractivity contribution in [2.45, 2.75) is 5.37 Å². The Balaban J connectivity index is 2.17. The Bertz CT molecular complexity index is 25.2. The first kappa shape index (κ1) is 2.54. The van der Waals surface area contributed by atoms with Crippen LogP contribution in [-0.4, -0.2) is 11.1 Å². The van der Waals surface area contributed by atoms with Gasteiger partial charge in [-0.25, -0.2) is 0 Å². The van der Waals surface area contributed by atoms with Crippen LogP contribution < -0.4 is 5.73 Å². The molecule has 4 heavy (non-hydrogen) atoms. The van der Waals surface area contributed by atoms with Gasteiger partial charge in [0.1, 0.15) is 0 Å². The third kappa shape index (κ3) is 0.362. The van der Waals surface area contributed by atoms with Gasteiger partial charge in [-0.2, -0.15) is 0 Å². The van der Waals surface area contributed by atoms with E-state index in [2.05, 4.69) is 0 Å². The Morgan fingerprint density at radius 2 is 2.25 bits per heavy atom. The molecule has 1 saturated heterocycles. The highest BCUT2D eigenvalue weighted by molar-refractivity contribution is 8.06. The second kappa shape index (κ2) is 0.626. The molecule has 0 aromatic rings. The first-order valence-corrected chi connectivity index (χ1v) is 2.31. The van der Waals surface area contributed by atoms with Crippen LogP contribution in [0.25, 0.3) is 0 Å². The van der Waals surface area contributed by atoms with Gasteiger partial charge in [0, 0.05) is 5.75 Å². The normalized spacial score (nSPS) is 39.8. The van der Waals surface area contributed by atoms with E-state index in [1.165, 1.54) is 5.75 Å². The maximum absolute atomic E-state index is 5.19.